The molecule has 84 valence electrons. The van der Waals surface area contributed by atoms with E-state index in [1.165, 1.54) is 5.56 Å². The SMILES string of the molecule is CC(C)CC(c1ccncc1)C(C)(C)O. The molecule has 0 aliphatic rings. The molecule has 0 aliphatic carbocycles. The molecular weight excluding hydrogens is 186 g/mol. The third kappa shape index (κ3) is 3.63. The first-order valence-electron chi connectivity index (χ1n) is 5.53. The molecule has 15 heavy (non-hydrogen) atoms. The molecule has 2 heteroatoms. The van der Waals surface area contributed by atoms with Crippen LogP contribution in [0.3, 0.4) is 0 Å². The predicted molar refractivity (Wildman–Crippen MR) is 62.7 cm³/mol. The van der Waals surface area contributed by atoms with Crippen molar-refractivity contribution < 1.29 is 5.11 Å². The summed E-state index contributed by atoms with van der Waals surface area (Å²) < 4.78 is 0. The predicted octanol–water partition coefficient (Wildman–Crippen LogP) is 2.98. The molecule has 0 fully saturated rings. The summed E-state index contributed by atoms with van der Waals surface area (Å²) in [7, 11) is 0. The Balaban J connectivity index is 2.92. The molecule has 1 aromatic rings. The Kier molecular flexibility index (Phi) is 3.86. The molecule has 0 saturated heterocycles. The van der Waals surface area contributed by atoms with Crippen LogP contribution in [0.1, 0.15) is 45.6 Å². The van der Waals surface area contributed by atoms with Crippen LogP contribution < -0.4 is 0 Å². The Morgan fingerprint density at radius 1 is 1.27 bits per heavy atom. The van der Waals surface area contributed by atoms with Crippen LogP contribution >= 0.6 is 0 Å². The molecular formula is C13H21NO. The summed E-state index contributed by atoms with van der Waals surface area (Å²) >= 11 is 0. The second-order valence-corrected chi connectivity index (χ2v) is 5.12. The van der Waals surface area contributed by atoms with Crippen molar-refractivity contribution in [1.82, 2.24) is 4.98 Å². The summed E-state index contributed by atoms with van der Waals surface area (Å²) in [6.45, 7) is 8.11. The Hall–Kier alpha value is -0.890. The number of nitrogens with zero attached hydrogens (tertiary/aromatic N) is 1. The first kappa shape index (κ1) is 12.2. The van der Waals surface area contributed by atoms with E-state index in [0.29, 0.717) is 5.92 Å². The van der Waals surface area contributed by atoms with E-state index in [1.54, 1.807) is 12.4 Å². The van der Waals surface area contributed by atoms with Crippen molar-refractivity contribution in [1.29, 1.82) is 0 Å². The van der Waals surface area contributed by atoms with E-state index in [9.17, 15) is 5.11 Å². The molecule has 0 aromatic carbocycles. The number of hydrogen-bond acceptors (Lipinski definition) is 2. The molecule has 0 aliphatic heterocycles. The molecule has 1 rings (SSSR count). The molecule has 0 spiro atoms. The lowest BCUT2D eigenvalue weighted by molar-refractivity contribution is 0.0421. The highest BCUT2D eigenvalue weighted by Crippen LogP contribution is 2.33. The smallest absolute Gasteiger partial charge is 0.0660 e. The normalized spacial score (nSPS) is 14.3. The lowest BCUT2D eigenvalue weighted by atomic mass is 9.79. The van der Waals surface area contributed by atoms with Crippen molar-refractivity contribution >= 4 is 0 Å². The van der Waals surface area contributed by atoms with Gasteiger partial charge in [-0.15, -0.1) is 0 Å². The molecule has 0 radical (unpaired) electrons. The summed E-state index contributed by atoms with van der Waals surface area (Å²) in [6, 6.07) is 3.98. The van der Waals surface area contributed by atoms with Gasteiger partial charge in [-0.05, 0) is 43.9 Å². The van der Waals surface area contributed by atoms with E-state index in [-0.39, 0.29) is 5.92 Å². The molecule has 0 saturated carbocycles. The van der Waals surface area contributed by atoms with Gasteiger partial charge in [0.1, 0.15) is 0 Å². The van der Waals surface area contributed by atoms with Gasteiger partial charge in [0.25, 0.3) is 0 Å². The highest BCUT2D eigenvalue weighted by molar-refractivity contribution is 5.19. The number of rotatable bonds is 4. The molecule has 1 unspecified atom stereocenters. The first-order valence-corrected chi connectivity index (χ1v) is 5.53. The van der Waals surface area contributed by atoms with E-state index >= 15 is 0 Å². The van der Waals surface area contributed by atoms with Crippen LogP contribution in [-0.2, 0) is 0 Å². The molecule has 1 heterocycles. The maximum atomic E-state index is 10.2. The summed E-state index contributed by atoms with van der Waals surface area (Å²) in [5.41, 5.74) is 0.497. The molecule has 0 bridgehead atoms. The Labute approximate surface area is 92.4 Å². The molecule has 2 nitrogen and oxygen atoms in total. The topological polar surface area (TPSA) is 33.1 Å². The van der Waals surface area contributed by atoms with E-state index in [4.69, 9.17) is 0 Å². The van der Waals surface area contributed by atoms with Crippen LogP contribution in [0.25, 0.3) is 0 Å². The van der Waals surface area contributed by atoms with Crippen molar-refractivity contribution in [3.63, 3.8) is 0 Å². The molecule has 0 amide bonds. The fraction of sp³-hybridized carbons (Fsp3) is 0.615. The third-order valence-electron chi connectivity index (χ3n) is 2.67. The average Bonchev–Trinajstić information content (AvgIpc) is 2.14. The van der Waals surface area contributed by atoms with Crippen molar-refractivity contribution in [2.45, 2.75) is 45.6 Å². The molecule has 1 atom stereocenters. The minimum absolute atomic E-state index is 0.181. The van der Waals surface area contributed by atoms with Gasteiger partial charge >= 0.3 is 0 Å². The zero-order valence-electron chi connectivity index (χ0n) is 10.1. The summed E-state index contributed by atoms with van der Waals surface area (Å²) in [4.78, 5) is 4.01. The van der Waals surface area contributed by atoms with Crippen LogP contribution in [0.5, 0.6) is 0 Å². The van der Waals surface area contributed by atoms with Crippen molar-refractivity contribution in [3.05, 3.63) is 30.1 Å². The fourth-order valence-electron chi connectivity index (χ4n) is 1.90. The van der Waals surface area contributed by atoms with E-state index in [2.05, 4.69) is 18.8 Å². The van der Waals surface area contributed by atoms with Crippen molar-refractivity contribution in [2.75, 3.05) is 0 Å². The van der Waals surface area contributed by atoms with Crippen molar-refractivity contribution in [3.8, 4) is 0 Å². The Bertz CT molecular complexity index is 287. The van der Waals surface area contributed by atoms with Gasteiger partial charge in [-0.3, -0.25) is 4.98 Å². The monoisotopic (exact) mass is 207 g/mol. The third-order valence-corrected chi connectivity index (χ3v) is 2.67. The van der Waals surface area contributed by atoms with Crippen LogP contribution in [0, 0.1) is 5.92 Å². The summed E-state index contributed by atoms with van der Waals surface area (Å²) in [6.07, 6.45) is 4.57. The quantitative estimate of drug-likeness (QED) is 0.823. The maximum absolute atomic E-state index is 10.2. The average molecular weight is 207 g/mol. The van der Waals surface area contributed by atoms with Crippen LogP contribution in [-0.4, -0.2) is 15.7 Å². The highest BCUT2D eigenvalue weighted by Gasteiger charge is 2.28. The van der Waals surface area contributed by atoms with Gasteiger partial charge < -0.3 is 5.11 Å². The Morgan fingerprint density at radius 3 is 2.20 bits per heavy atom. The number of hydrogen-bond donors (Lipinski definition) is 1. The second-order valence-electron chi connectivity index (χ2n) is 5.12. The molecule has 1 aromatic heterocycles. The number of aliphatic hydroxyl groups is 1. The number of pyridine rings is 1. The van der Waals surface area contributed by atoms with Crippen molar-refractivity contribution in [2.24, 2.45) is 5.92 Å². The lowest BCUT2D eigenvalue weighted by Gasteiger charge is -2.31. The second kappa shape index (κ2) is 4.75. The largest absolute Gasteiger partial charge is 0.390 e. The number of aromatic nitrogens is 1. The van der Waals surface area contributed by atoms with Gasteiger partial charge in [-0.2, -0.15) is 0 Å². The van der Waals surface area contributed by atoms with Gasteiger partial charge in [-0.25, -0.2) is 0 Å². The van der Waals surface area contributed by atoms with Gasteiger partial charge in [0.05, 0.1) is 5.60 Å². The first-order chi connectivity index (χ1) is 6.91. The standard InChI is InChI=1S/C13H21NO/c1-10(2)9-12(13(3,4)15)11-5-7-14-8-6-11/h5-8,10,12,15H,9H2,1-4H3. The van der Waals surface area contributed by atoms with E-state index in [1.807, 2.05) is 26.0 Å². The van der Waals surface area contributed by atoms with Gasteiger partial charge in [0.2, 0.25) is 0 Å². The van der Waals surface area contributed by atoms with Crippen LogP contribution in [0.2, 0.25) is 0 Å². The minimum Gasteiger partial charge on any atom is -0.390 e. The maximum Gasteiger partial charge on any atom is 0.0660 e. The summed E-state index contributed by atoms with van der Waals surface area (Å²) in [5, 5.41) is 10.2. The zero-order valence-corrected chi connectivity index (χ0v) is 10.1. The fourth-order valence-corrected chi connectivity index (χ4v) is 1.90. The Morgan fingerprint density at radius 2 is 1.80 bits per heavy atom. The van der Waals surface area contributed by atoms with Gasteiger partial charge in [0, 0.05) is 18.3 Å². The lowest BCUT2D eigenvalue weighted by Crippen LogP contribution is -2.30. The minimum atomic E-state index is -0.675. The zero-order chi connectivity index (χ0) is 11.5. The van der Waals surface area contributed by atoms with E-state index in [0.717, 1.165) is 6.42 Å². The van der Waals surface area contributed by atoms with Gasteiger partial charge in [-0.1, -0.05) is 13.8 Å². The highest BCUT2D eigenvalue weighted by atomic mass is 16.3. The summed E-state index contributed by atoms with van der Waals surface area (Å²) in [5.74, 6) is 0.759. The van der Waals surface area contributed by atoms with Gasteiger partial charge in [0.15, 0.2) is 0 Å². The molecule has 1 N–H and O–H groups in total. The van der Waals surface area contributed by atoms with E-state index < -0.39 is 5.60 Å². The van der Waals surface area contributed by atoms with Crippen LogP contribution in [0.15, 0.2) is 24.5 Å². The van der Waals surface area contributed by atoms with Crippen LogP contribution in [0.4, 0.5) is 0 Å².